The number of nitrogens with one attached hydrogen (secondary N) is 1. The number of anilines is 1. The first-order valence-corrected chi connectivity index (χ1v) is 9.52. The van der Waals surface area contributed by atoms with Crippen LogP contribution in [0.5, 0.6) is 5.75 Å². The Bertz CT molecular complexity index is 958. The van der Waals surface area contributed by atoms with Crippen molar-refractivity contribution in [3.8, 4) is 11.8 Å². The molecule has 0 bridgehead atoms. The molecule has 6 nitrogen and oxygen atoms in total. The number of carbonyl (C=O) groups excluding carboxylic acids is 2. The zero-order valence-electron chi connectivity index (χ0n) is 17.3. The Morgan fingerprint density at radius 1 is 1.07 bits per heavy atom. The molecule has 152 valence electrons. The maximum Gasteiger partial charge on any atom is 0.342 e. The second-order valence-electron chi connectivity index (χ2n) is 7.55. The number of phenols is 1. The molecule has 6 heteroatoms. The summed E-state index contributed by atoms with van der Waals surface area (Å²) in [7, 11) is 0. The fraction of sp³-hybridized carbons (Fsp3) is 0.348. The van der Waals surface area contributed by atoms with E-state index in [1.807, 2.05) is 39.8 Å². The van der Waals surface area contributed by atoms with E-state index in [9.17, 15) is 14.7 Å². The standard InChI is InChI=1S/C23H26N2O4/c1-13(2)17-10-19(14(3)4)21(26)20(11-17)23(28)29-15(5)22(27)25-18-8-6-7-16(9-18)12-24/h6-11,13-15,26H,1-5H3,(H,25,27). The highest BCUT2D eigenvalue weighted by Crippen LogP contribution is 2.33. The van der Waals surface area contributed by atoms with Crippen LogP contribution in [0.2, 0.25) is 0 Å². The largest absolute Gasteiger partial charge is 0.507 e. The van der Waals surface area contributed by atoms with Crippen molar-refractivity contribution in [1.82, 2.24) is 0 Å². The molecular formula is C23H26N2O4. The molecule has 0 heterocycles. The molecule has 0 spiro atoms. The van der Waals surface area contributed by atoms with Crippen molar-refractivity contribution in [3.63, 3.8) is 0 Å². The van der Waals surface area contributed by atoms with E-state index in [-0.39, 0.29) is 23.1 Å². The predicted octanol–water partition coefficient (Wildman–Crippen LogP) is 4.69. The Morgan fingerprint density at radius 3 is 2.34 bits per heavy atom. The molecule has 0 saturated heterocycles. The third kappa shape index (κ3) is 5.35. The van der Waals surface area contributed by atoms with Crippen LogP contribution in [0.25, 0.3) is 0 Å². The monoisotopic (exact) mass is 394 g/mol. The predicted molar refractivity (Wildman–Crippen MR) is 111 cm³/mol. The van der Waals surface area contributed by atoms with Crippen LogP contribution in [0, 0.1) is 11.3 Å². The molecular weight excluding hydrogens is 368 g/mol. The molecule has 1 amide bonds. The first-order valence-electron chi connectivity index (χ1n) is 9.52. The van der Waals surface area contributed by atoms with Gasteiger partial charge in [0.2, 0.25) is 0 Å². The van der Waals surface area contributed by atoms with Gasteiger partial charge < -0.3 is 15.2 Å². The molecule has 0 aliphatic carbocycles. The van der Waals surface area contributed by atoms with E-state index >= 15 is 0 Å². The summed E-state index contributed by atoms with van der Waals surface area (Å²) in [4.78, 5) is 25.1. The van der Waals surface area contributed by atoms with Crippen molar-refractivity contribution >= 4 is 17.6 Å². The zero-order chi connectivity index (χ0) is 21.7. The second kappa shape index (κ2) is 9.24. The third-order valence-corrected chi connectivity index (χ3v) is 4.58. The van der Waals surface area contributed by atoms with Gasteiger partial charge in [-0.05, 0) is 54.2 Å². The van der Waals surface area contributed by atoms with Gasteiger partial charge in [0.25, 0.3) is 5.91 Å². The SMILES string of the molecule is CC(OC(=O)c1cc(C(C)C)cc(C(C)C)c1O)C(=O)Nc1cccc(C#N)c1. The van der Waals surface area contributed by atoms with Crippen molar-refractivity contribution in [2.45, 2.75) is 52.6 Å². The topological polar surface area (TPSA) is 99.4 Å². The van der Waals surface area contributed by atoms with Crippen molar-refractivity contribution in [2.75, 3.05) is 5.32 Å². The quantitative estimate of drug-likeness (QED) is 0.692. The number of aromatic hydroxyl groups is 1. The van der Waals surface area contributed by atoms with Gasteiger partial charge in [0.15, 0.2) is 6.10 Å². The molecule has 2 rings (SSSR count). The molecule has 2 N–H and O–H groups in total. The summed E-state index contributed by atoms with van der Waals surface area (Å²) in [5.74, 6) is -1.23. The fourth-order valence-electron chi connectivity index (χ4n) is 2.80. The Morgan fingerprint density at radius 2 is 1.76 bits per heavy atom. The summed E-state index contributed by atoms with van der Waals surface area (Å²) in [6.45, 7) is 9.31. The Kier molecular flexibility index (Phi) is 7.00. The Hall–Kier alpha value is -3.33. The number of carbonyl (C=O) groups is 2. The third-order valence-electron chi connectivity index (χ3n) is 4.58. The van der Waals surface area contributed by atoms with E-state index in [1.165, 1.54) is 13.0 Å². The average Bonchev–Trinajstić information content (AvgIpc) is 2.67. The van der Waals surface area contributed by atoms with Crippen molar-refractivity contribution < 1.29 is 19.4 Å². The van der Waals surface area contributed by atoms with Crippen molar-refractivity contribution in [3.05, 3.63) is 58.7 Å². The highest BCUT2D eigenvalue weighted by atomic mass is 16.5. The first-order chi connectivity index (χ1) is 13.6. The Balaban J connectivity index is 2.20. The summed E-state index contributed by atoms with van der Waals surface area (Å²) in [5.41, 5.74) is 2.45. The van der Waals surface area contributed by atoms with E-state index in [2.05, 4.69) is 5.32 Å². The number of nitrogens with zero attached hydrogens (tertiary/aromatic N) is 1. The van der Waals surface area contributed by atoms with Gasteiger partial charge in [0.1, 0.15) is 11.3 Å². The van der Waals surface area contributed by atoms with Gasteiger partial charge in [-0.15, -0.1) is 0 Å². The van der Waals surface area contributed by atoms with E-state index in [0.717, 1.165) is 5.56 Å². The minimum Gasteiger partial charge on any atom is -0.507 e. The summed E-state index contributed by atoms with van der Waals surface area (Å²) < 4.78 is 5.30. The van der Waals surface area contributed by atoms with Gasteiger partial charge in [0, 0.05) is 5.69 Å². The van der Waals surface area contributed by atoms with Gasteiger partial charge in [-0.25, -0.2) is 4.79 Å². The lowest BCUT2D eigenvalue weighted by molar-refractivity contribution is -0.123. The summed E-state index contributed by atoms with van der Waals surface area (Å²) in [6, 6.07) is 11.9. The normalized spacial score (nSPS) is 11.8. The number of benzene rings is 2. The van der Waals surface area contributed by atoms with Crippen LogP contribution in [0.4, 0.5) is 5.69 Å². The maximum absolute atomic E-state index is 12.7. The van der Waals surface area contributed by atoms with Gasteiger partial charge in [-0.1, -0.05) is 39.8 Å². The summed E-state index contributed by atoms with van der Waals surface area (Å²) in [6.07, 6.45) is -1.09. The fourth-order valence-corrected chi connectivity index (χ4v) is 2.80. The van der Waals surface area contributed by atoms with Crippen LogP contribution >= 0.6 is 0 Å². The van der Waals surface area contributed by atoms with Crippen molar-refractivity contribution in [2.24, 2.45) is 0 Å². The minimum atomic E-state index is -1.09. The number of amides is 1. The smallest absolute Gasteiger partial charge is 0.342 e. The minimum absolute atomic E-state index is 0.0217. The lowest BCUT2D eigenvalue weighted by atomic mass is 9.92. The highest BCUT2D eigenvalue weighted by Gasteiger charge is 2.24. The number of hydrogen-bond donors (Lipinski definition) is 2. The highest BCUT2D eigenvalue weighted by molar-refractivity contribution is 5.98. The van der Waals surface area contributed by atoms with E-state index in [4.69, 9.17) is 10.00 Å². The maximum atomic E-state index is 12.7. The van der Waals surface area contributed by atoms with Gasteiger partial charge in [-0.3, -0.25) is 4.79 Å². The summed E-state index contributed by atoms with van der Waals surface area (Å²) >= 11 is 0. The average molecular weight is 394 g/mol. The van der Waals surface area contributed by atoms with Gasteiger partial charge >= 0.3 is 5.97 Å². The molecule has 0 saturated carbocycles. The molecule has 0 aliphatic rings. The molecule has 0 fully saturated rings. The van der Waals surface area contributed by atoms with Crippen LogP contribution in [-0.4, -0.2) is 23.1 Å². The first kappa shape index (κ1) is 22.0. The van der Waals surface area contributed by atoms with E-state index in [1.54, 1.807) is 24.3 Å². The molecule has 1 atom stereocenters. The lowest BCUT2D eigenvalue weighted by Gasteiger charge is -2.18. The number of rotatable bonds is 6. The number of esters is 1. The number of phenolic OH excluding ortho intramolecular Hbond substituents is 1. The van der Waals surface area contributed by atoms with Crippen LogP contribution < -0.4 is 5.32 Å². The van der Waals surface area contributed by atoms with Gasteiger partial charge in [0.05, 0.1) is 11.6 Å². The number of ether oxygens (including phenoxy) is 1. The number of nitriles is 1. The Labute approximate surface area is 171 Å². The zero-order valence-corrected chi connectivity index (χ0v) is 17.3. The number of hydrogen-bond acceptors (Lipinski definition) is 5. The van der Waals surface area contributed by atoms with Crippen LogP contribution in [0.3, 0.4) is 0 Å². The van der Waals surface area contributed by atoms with Crippen molar-refractivity contribution in [1.29, 1.82) is 5.26 Å². The van der Waals surface area contributed by atoms with E-state index < -0.39 is 18.0 Å². The molecule has 1 unspecified atom stereocenters. The molecule has 0 aromatic heterocycles. The molecule has 0 radical (unpaired) electrons. The second-order valence-corrected chi connectivity index (χ2v) is 7.55. The molecule has 2 aromatic carbocycles. The summed E-state index contributed by atoms with van der Waals surface area (Å²) in [5, 5.41) is 22.1. The molecule has 29 heavy (non-hydrogen) atoms. The van der Waals surface area contributed by atoms with Gasteiger partial charge in [-0.2, -0.15) is 5.26 Å². The molecule has 0 aliphatic heterocycles. The van der Waals surface area contributed by atoms with Crippen LogP contribution in [0.1, 0.15) is 73.5 Å². The lowest BCUT2D eigenvalue weighted by Crippen LogP contribution is -2.30. The van der Waals surface area contributed by atoms with Crippen LogP contribution in [0.15, 0.2) is 36.4 Å². The van der Waals surface area contributed by atoms with E-state index in [0.29, 0.717) is 16.8 Å². The van der Waals surface area contributed by atoms with Crippen LogP contribution in [-0.2, 0) is 9.53 Å². The molecule has 2 aromatic rings.